The van der Waals surface area contributed by atoms with E-state index in [-0.39, 0.29) is 5.56 Å². The molecule has 1 aliphatic heterocycles. The standard InChI is InChI=1S/C16H17N5O2/c1-21-5-4-10(8-21)6-14-19-15(20-23-14)11-2-3-12-13(7-11)17-9-18-16(12)22/h2-3,7,9-10H,4-6,8H2,1H3,(H,17,18,22). The zero-order chi connectivity index (χ0) is 15.8. The first kappa shape index (κ1) is 14.1. The van der Waals surface area contributed by atoms with E-state index in [9.17, 15) is 4.79 Å². The molecule has 1 atom stereocenters. The molecule has 1 saturated heterocycles. The van der Waals surface area contributed by atoms with Crippen molar-refractivity contribution in [1.29, 1.82) is 0 Å². The highest BCUT2D eigenvalue weighted by Crippen LogP contribution is 2.22. The molecular formula is C16H17N5O2. The van der Waals surface area contributed by atoms with Crippen LogP contribution in [0.5, 0.6) is 0 Å². The molecule has 1 aromatic carbocycles. The van der Waals surface area contributed by atoms with Gasteiger partial charge in [0.1, 0.15) is 0 Å². The lowest BCUT2D eigenvalue weighted by atomic mass is 10.1. The molecule has 1 N–H and O–H groups in total. The predicted molar refractivity (Wildman–Crippen MR) is 85.0 cm³/mol. The maximum Gasteiger partial charge on any atom is 0.258 e. The summed E-state index contributed by atoms with van der Waals surface area (Å²) >= 11 is 0. The number of hydrogen-bond donors (Lipinski definition) is 1. The fourth-order valence-corrected chi connectivity index (χ4v) is 3.10. The van der Waals surface area contributed by atoms with Gasteiger partial charge in [0.25, 0.3) is 5.56 Å². The number of likely N-dealkylation sites (tertiary alicyclic amines) is 1. The van der Waals surface area contributed by atoms with Crippen LogP contribution in [-0.2, 0) is 6.42 Å². The van der Waals surface area contributed by atoms with Gasteiger partial charge in [0, 0.05) is 18.5 Å². The Morgan fingerprint density at radius 3 is 3.17 bits per heavy atom. The number of nitrogens with one attached hydrogen (secondary N) is 1. The van der Waals surface area contributed by atoms with Gasteiger partial charge in [-0.05, 0) is 38.1 Å². The summed E-state index contributed by atoms with van der Waals surface area (Å²) in [5, 5.41) is 4.61. The zero-order valence-electron chi connectivity index (χ0n) is 12.8. The Labute approximate surface area is 132 Å². The summed E-state index contributed by atoms with van der Waals surface area (Å²) in [5.74, 6) is 1.78. The van der Waals surface area contributed by atoms with Gasteiger partial charge in [-0.15, -0.1) is 0 Å². The minimum atomic E-state index is -0.152. The van der Waals surface area contributed by atoms with E-state index < -0.39 is 0 Å². The van der Waals surface area contributed by atoms with Crippen molar-refractivity contribution < 1.29 is 4.52 Å². The number of benzene rings is 1. The van der Waals surface area contributed by atoms with Crippen molar-refractivity contribution >= 4 is 10.9 Å². The van der Waals surface area contributed by atoms with Gasteiger partial charge in [0.05, 0.1) is 17.2 Å². The average Bonchev–Trinajstić information content (AvgIpc) is 3.17. The third-order valence-electron chi connectivity index (χ3n) is 4.32. The molecule has 3 heterocycles. The summed E-state index contributed by atoms with van der Waals surface area (Å²) in [5.41, 5.74) is 1.27. The Morgan fingerprint density at radius 2 is 2.35 bits per heavy atom. The van der Waals surface area contributed by atoms with Gasteiger partial charge in [-0.3, -0.25) is 4.79 Å². The number of aromatic amines is 1. The molecule has 118 valence electrons. The van der Waals surface area contributed by atoms with Gasteiger partial charge in [-0.25, -0.2) is 4.98 Å². The van der Waals surface area contributed by atoms with E-state index in [1.54, 1.807) is 6.07 Å². The molecule has 7 heteroatoms. The molecule has 4 rings (SSSR count). The van der Waals surface area contributed by atoms with E-state index in [1.165, 1.54) is 6.33 Å². The number of H-pyrrole nitrogens is 1. The first-order valence-corrected chi connectivity index (χ1v) is 7.68. The molecule has 0 amide bonds. The zero-order valence-corrected chi connectivity index (χ0v) is 12.8. The van der Waals surface area contributed by atoms with Gasteiger partial charge in [-0.2, -0.15) is 4.98 Å². The van der Waals surface area contributed by atoms with E-state index in [0.717, 1.165) is 31.5 Å². The van der Waals surface area contributed by atoms with Crippen LogP contribution in [0.2, 0.25) is 0 Å². The lowest BCUT2D eigenvalue weighted by molar-refractivity contribution is 0.343. The summed E-state index contributed by atoms with van der Waals surface area (Å²) < 4.78 is 5.38. The predicted octanol–water partition coefficient (Wildman–Crippen LogP) is 1.47. The van der Waals surface area contributed by atoms with Crippen LogP contribution in [0, 0.1) is 5.92 Å². The number of hydrogen-bond acceptors (Lipinski definition) is 6. The quantitative estimate of drug-likeness (QED) is 0.788. The third-order valence-corrected chi connectivity index (χ3v) is 4.32. The maximum absolute atomic E-state index is 11.7. The second-order valence-corrected chi connectivity index (χ2v) is 6.10. The largest absolute Gasteiger partial charge is 0.339 e. The summed E-state index contributed by atoms with van der Waals surface area (Å²) in [7, 11) is 2.13. The molecule has 2 aromatic heterocycles. The van der Waals surface area contributed by atoms with Crippen molar-refractivity contribution in [1.82, 2.24) is 25.0 Å². The van der Waals surface area contributed by atoms with E-state index in [0.29, 0.717) is 28.5 Å². The third kappa shape index (κ3) is 2.75. The van der Waals surface area contributed by atoms with E-state index in [1.807, 2.05) is 12.1 Å². The summed E-state index contributed by atoms with van der Waals surface area (Å²) in [6.07, 6.45) is 3.37. The molecule has 0 saturated carbocycles. The number of nitrogens with zero attached hydrogens (tertiary/aromatic N) is 4. The van der Waals surface area contributed by atoms with Crippen molar-refractivity contribution in [2.45, 2.75) is 12.8 Å². The summed E-state index contributed by atoms with van der Waals surface area (Å²) in [4.78, 5) is 25.2. The Bertz CT molecular complexity index is 901. The SMILES string of the molecule is CN1CCC(Cc2nc(-c3ccc4c(=O)[nH]cnc4c3)no2)C1. The fourth-order valence-electron chi connectivity index (χ4n) is 3.10. The second-order valence-electron chi connectivity index (χ2n) is 6.10. The first-order chi connectivity index (χ1) is 11.2. The maximum atomic E-state index is 11.7. The highest BCUT2D eigenvalue weighted by molar-refractivity contribution is 5.81. The smallest absolute Gasteiger partial charge is 0.258 e. The highest BCUT2D eigenvalue weighted by Gasteiger charge is 2.22. The number of aromatic nitrogens is 4. The van der Waals surface area contributed by atoms with E-state index in [2.05, 4.69) is 32.1 Å². The van der Waals surface area contributed by atoms with Crippen LogP contribution in [0.1, 0.15) is 12.3 Å². The lowest BCUT2D eigenvalue weighted by Crippen LogP contribution is -2.15. The van der Waals surface area contributed by atoms with Crippen LogP contribution < -0.4 is 5.56 Å². The molecule has 0 radical (unpaired) electrons. The Morgan fingerprint density at radius 1 is 1.43 bits per heavy atom. The van der Waals surface area contributed by atoms with Crippen molar-refractivity contribution in [3.63, 3.8) is 0 Å². The van der Waals surface area contributed by atoms with Crippen molar-refractivity contribution in [3.05, 3.63) is 40.8 Å². The summed E-state index contributed by atoms with van der Waals surface area (Å²) in [6.45, 7) is 2.19. The monoisotopic (exact) mass is 311 g/mol. The molecular weight excluding hydrogens is 294 g/mol. The van der Waals surface area contributed by atoms with E-state index in [4.69, 9.17) is 4.52 Å². The topological polar surface area (TPSA) is 87.9 Å². The first-order valence-electron chi connectivity index (χ1n) is 7.68. The Hall–Kier alpha value is -2.54. The molecule has 7 nitrogen and oxygen atoms in total. The molecule has 1 fully saturated rings. The fraction of sp³-hybridized carbons (Fsp3) is 0.375. The molecule has 3 aromatic rings. The minimum absolute atomic E-state index is 0.152. The molecule has 0 spiro atoms. The van der Waals surface area contributed by atoms with Crippen LogP contribution >= 0.6 is 0 Å². The molecule has 1 unspecified atom stereocenters. The number of fused-ring (bicyclic) bond motifs is 1. The lowest BCUT2D eigenvalue weighted by Gasteiger charge is -2.06. The van der Waals surface area contributed by atoms with Crippen LogP contribution in [0.4, 0.5) is 0 Å². The van der Waals surface area contributed by atoms with Crippen LogP contribution in [0.3, 0.4) is 0 Å². The molecule has 23 heavy (non-hydrogen) atoms. The highest BCUT2D eigenvalue weighted by atomic mass is 16.5. The Kier molecular flexibility index (Phi) is 3.42. The van der Waals surface area contributed by atoms with E-state index >= 15 is 0 Å². The molecule has 0 aliphatic carbocycles. The van der Waals surface area contributed by atoms with Crippen LogP contribution in [0.15, 0.2) is 33.8 Å². The normalized spacial score (nSPS) is 18.7. The van der Waals surface area contributed by atoms with Gasteiger partial charge in [-0.1, -0.05) is 11.2 Å². The average molecular weight is 311 g/mol. The summed E-state index contributed by atoms with van der Waals surface area (Å²) in [6, 6.07) is 5.36. The minimum Gasteiger partial charge on any atom is -0.339 e. The van der Waals surface area contributed by atoms with Crippen molar-refractivity contribution in [2.24, 2.45) is 5.92 Å². The van der Waals surface area contributed by atoms with Crippen molar-refractivity contribution in [2.75, 3.05) is 20.1 Å². The molecule has 0 bridgehead atoms. The van der Waals surface area contributed by atoms with Gasteiger partial charge in [0.15, 0.2) is 0 Å². The second kappa shape index (κ2) is 5.58. The Balaban J connectivity index is 1.60. The van der Waals surface area contributed by atoms with Gasteiger partial charge in [0.2, 0.25) is 11.7 Å². The van der Waals surface area contributed by atoms with Crippen LogP contribution in [-0.4, -0.2) is 45.1 Å². The van der Waals surface area contributed by atoms with Crippen molar-refractivity contribution in [3.8, 4) is 11.4 Å². The van der Waals surface area contributed by atoms with Gasteiger partial charge < -0.3 is 14.4 Å². The van der Waals surface area contributed by atoms with Crippen LogP contribution in [0.25, 0.3) is 22.3 Å². The van der Waals surface area contributed by atoms with Gasteiger partial charge >= 0.3 is 0 Å². The number of rotatable bonds is 3. The molecule has 1 aliphatic rings.